The molecule has 0 heterocycles. The standard InChI is InChI=1S/C9H10O4/c1-6(10)13-8-4-2-7(3-5-8)9(11)12/h2-5,9,11-12H,1H3. The molecular formula is C9H10O4. The molecule has 0 aliphatic heterocycles. The molecule has 1 aromatic carbocycles. The fourth-order valence-electron chi connectivity index (χ4n) is 0.874. The second-order valence-corrected chi connectivity index (χ2v) is 2.54. The summed E-state index contributed by atoms with van der Waals surface area (Å²) in [6, 6.07) is 5.94. The Morgan fingerprint density at radius 1 is 1.31 bits per heavy atom. The Labute approximate surface area is 75.4 Å². The lowest BCUT2D eigenvalue weighted by Gasteiger charge is -2.04. The molecule has 0 saturated carbocycles. The second-order valence-electron chi connectivity index (χ2n) is 2.54. The van der Waals surface area contributed by atoms with Crippen LogP contribution in [0.4, 0.5) is 0 Å². The third-order valence-electron chi connectivity index (χ3n) is 1.44. The summed E-state index contributed by atoms with van der Waals surface area (Å²) in [6.45, 7) is 1.30. The van der Waals surface area contributed by atoms with Gasteiger partial charge in [-0.1, -0.05) is 12.1 Å². The van der Waals surface area contributed by atoms with Crippen molar-refractivity contribution in [2.24, 2.45) is 0 Å². The summed E-state index contributed by atoms with van der Waals surface area (Å²) in [5, 5.41) is 17.5. The van der Waals surface area contributed by atoms with Crippen molar-refractivity contribution in [3.63, 3.8) is 0 Å². The Kier molecular flexibility index (Phi) is 3.00. The Hall–Kier alpha value is -1.39. The minimum atomic E-state index is -1.49. The summed E-state index contributed by atoms with van der Waals surface area (Å²) in [7, 11) is 0. The van der Waals surface area contributed by atoms with E-state index in [2.05, 4.69) is 0 Å². The molecule has 4 nitrogen and oxygen atoms in total. The summed E-state index contributed by atoms with van der Waals surface area (Å²) in [4.78, 5) is 10.5. The van der Waals surface area contributed by atoms with Gasteiger partial charge in [-0.05, 0) is 12.1 Å². The maximum Gasteiger partial charge on any atom is 0.308 e. The van der Waals surface area contributed by atoms with Crippen LogP contribution in [0.3, 0.4) is 0 Å². The number of carbonyl (C=O) groups excluding carboxylic acids is 1. The monoisotopic (exact) mass is 182 g/mol. The molecule has 0 spiro atoms. The first-order chi connectivity index (χ1) is 6.09. The number of aliphatic hydroxyl groups is 2. The van der Waals surface area contributed by atoms with Gasteiger partial charge in [0.05, 0.1) is 0 Å². The van der Waals surface area contributed by atoms with Crippen LogP contribution in [0, 0.1) is 0 Å². The van der Waals surface area contributed by atoms with E-state index in [1.54, 1.807) is 0 Å². The molecule has 1 aromatic rings. The fourth-order valence-corrected chi connectivity index (χ4v) is 0.874. The van der Waals surface area contributed by atoms with Crippen molar-refractivity contribution in [1.82, 2.24) is 0 Å². The molecule has 70 valence electrons. The van der Waals surface area contributed by atoms with Crippen LogP contribution in [0.1, 0.15) is 18.8 Å². The van der Waals surface area contributed by atoms with Crippen molar-refractivity contribution in [2.45, 2.75) is 13.2 Å². The van der Waals surface area contributed by atoms with E-state index in [1.165, 1.54) is 31.2 Å². The Balaban J connectivity index is 2.75. The smallest absolute Gasteiger partial charge is 0.308 e. The number of ether oxygens (including phenoxy) is 1. The Morgan fingerprint density at radius 2 is 1.85 bits per heavy atom. The highest BCUT2D eigenvalue weighted by atomic mass is 16.5. The largest absolute Gasteiger partial charge is 0.427 e. The van der Waals surface area contributed by atoms with Crippen molar-refractivity contribution in [3.8, 4) is 5.75 Å². The highest BCUT2D eigenvalue weighted by Crippen LogP contribution is 2.15. The quantitative estimate of drug-likeness (QED) is 0.399. The van der Waals surface area contributed by atoms with Gasteiger partial charge in [0.15, 0.2) is 6.29 Å². The van der Waals surface area contributed by atoms with E-state index >= 15 is 0 Å². The first kappa shape index (κ1) is 9.70. The molecule has 0 aromatic heterocycles. The molecule has 13 heavy (non-hydrogen) atoms. The molecule has 0 saturated heterocycles. The van der Waals surface area contributed by atoms with Crippen molar-refractivity contribution in [1.29, 1.82) is 0 Å². The molecule has 0 aliphatic carbocycles. The van der Waals surface area contributed by atoms with E-state index in [9.17, 15) is 4.79 Å². The van der Waals surface area contributed by atoms with E-state index in [1.807, 2.05) is 0 Å². The zero-order chi connectivity index (χ0) is 9.84. The van der Waals surface area contributed by atoms with Crippen molar-refractivity contribution in [3.05, 3.63) is 29.8 Å². The maximum absolute atomic E-state index is 10.5. The number of rotatable bonds is 2. The predicted molar refractivity (Wildman–Crippen MR) is 44.9 cm³/mol. The molecule has 1 rings (SSSR count). The van der Waals surface area contributed by atoms with Crippen molar-refractivity contribution in [2.75, 3.05) is 0 Å². The molecule has 0 atom stereocenters. The zero-order valence-electron chi connectivity index (χ0n) is 7.10. The third-order valence-corrected chi connectivity index (χ3v) is 1.44. The molecular weight excluding hydrogens is 172 g/mol. The highest BCUT2D eigenvalue weighted by Gasteiger charge is 2.02. The number of aliphatic hydroxyl groups excluding tert-OH is 1. The van der Waals surface area contributed by atoms with E-state index in [0.29, 0.717) is 11.3 Å². The van der Waals surface area contributed by atoms with Gasteiger partial charge in [0.1, 0.15) is 5.75 Å². The van der Waals surface area contributed by atoms with Gasteiger partial charge in [-0.2, -0.15) is 0 Å². The fraction of sp³-hybridized carbons (Fsp3) is 0.222. The molecule has 0 bridgehead atoms. The SMILES string of the molecule is CC(=O)Oc1ccc(C(O)O)cc1. The minimum Gasteiger partial charge on any atom is -0.427 e. The van der Waals surface area contributed by atoms with E-state index in [-0.39, 0.29) is 0 Å². The Morgan fingerprint density at radius 3 is 2.23 bits per heavy atom. The summed E-state index contributed by atoms with van der Waals surface area (Å²) in [6.07, 6.45) is -1.49. The zero-order valence-corrected chi connectivity index (χ0v) is 7.10. The van der Waals surface area contributed by atoms with Crippen LogP contribution in [0.2, 0.25) is 0 Å². The van der Waals surface area contributed by atoms with Gasteiger partial charge in [0, 0.05) is 12.5 Å². The van der Waals surface area contributed by atoms with Crippen LogP contribution in [0.25, 0.3) is 0 Å². The van der Waals surface area contributed by atoms with Crippen molar-refractivity contribution < 1.29 is 19.7 Å². The normalized spacial score (nSPS) is 10.2. The number of carbonyl (C=O) groups is 1. The number of benzene rings is 1. The Bertz CT molecular complexity index is 289. The van der Waals surface area contributed by atoms with Crippen LogP contribution in [-0.4, -0.2) is 16.2 Å². The molecule has 0 aliphatic rings. The minimum absolute atomic E-state index is 0.357. The molecule has 2 N–H and O–H groups in total. The summed E-state index contributed by atoms with van der Waals surface area (Å²) in [5.74, 6) is -0.0193. The van der Waals surface area contributed by atoms with Gasteiger partial charge < -0.3 is 14.9 Å². The summed E-state index contributed by atoms with van der Waals surface area (Å²) >= 11 is 0. The summed E-state index contributed by atoms with van der Waals surface area (Å²) in [5.41, 5.74) is 0.357. The topological polar surface area (TPSA) is 66.8 Å². The first-order valence-electron chi connectivity index (χ1n) is 3.74. The van der Waals surface area contributed by atoms with E-state index in [4.69, 9.17) is 14.9 Å². The second kappa shape index (κ2) is 4.02. The summed E-state index contributed by atoms with van der Waals surface area (Å²) < 4.78 is 4.75. The van der Waals surface area contributed by atoms with Gasteiger partial charge in [-0.15, -0.1) is 0 Å². The average molecular weight is 182 g/mol. The first-order valence-corrected chi connectivity index (χ1v) is 3.74. The van der Waals surface area contributed by atoms with Gasteiger partial charge in [0.25, 0.3) is 0 Å². The van der Waals surface area contributed by atoms with Gasteiger partial charge in [-0.3, -0.25) is 4.79 Å². The van der Waals surface area contributed by atoms with Crippen molar-refractivity contribution >= 4 is 5.97 Å². The number of hydrogen-bond acceptors (Lipinski definition) is 4. The lowest BCUT2D eigenvalue weighted by atomic mass is 10.2. The molecule has 0 radical (unpaired) electrons. The van der Waals surface area contributed by atoms with E-state index < -0.39 is 12.3 Å². The molecule has 4 heteroatoms. The van der Waals surface area contributed by atoms with Crippen LogP contribution >= 0.6 is 0 Å². The van der Waals surface area contributed by atoms with Crippen LogP contribution in [0.5, 0.6) is 5.75 Å². The van der Waals surface area contributed by atoms with Crippen LogP contribution < -0.4 is 4.74 Å². The molecule has 0 fully saturated rings. The molecule has 0 unspecified atom stereocenters. The van der Waals surface area contributed by atoms with Gasteiger partial charge in [-0.25, -0.2) is 0 Å². The van der Waals surface area contributed by atoms with Crippen LogP contribution in [0.15, 0.2) is 24.3 Å². The lowest BCUT2D eigenvalue weighted by molar-refractivity contribution is -0.131. The number of hydrogen-bond donors (Lipinski definition) is 2. The highest BCUT2D eigenvalue weighted by molar-refractivity contribution is 5.69. The lowest BCUT2D eigenvalue weighted by Crippen LogP contribution is -2.01. The van der Waals surface area contributed by atoms with Crippen LogP contribution in [-0.2, 0) is 4.79 Å². The van der Waals surface area contributed by atoms with Gasteiger partial charge >= 0.3 is 5.97 Å². The maximum atomic E-state index is 10.5. The number of esters is 1. The molecule has 0 amide bonds. The predicted octanol–water partition coefficient (Wildman–Crippen LogP) is 0.595. The van der Waals surface area contributed by atoms with Gasteiger partial charge in [0.2, 0.25) is 0 Å². The third kappa shape index (κ3) is 2.85. The van der Waals surface area contributed by atoms with E-state index in [0.717, 1.165) is 0 Å². The average Bonchev–Trinajstić information content (AvgIpc) is 2.04.